The number of hydrogen-bond acceptors (Lipinski definition) is 3. The first-order valence-electron chi connectivity index (χ1n) is 7.19. The van der Waals surface area contributed by atoms with Crippen molar-refractivity contribution in [2.45, 2.75) is 45.7 Å². The normalized spacial score (nSPS) is 25.9. The van der Waals surface area contributed by atoms with Crippen LogP contribution in [-0.2, 0) is 6.54 Å². The first-order chi connectivity index (χ1) is 9.54. The molecule has 1 aromatic rings. The molecule has 20 heavy (non-hydrogen) atoms. The van der Waals surface area contributed by atoms with Crippen LogP contribution in [0.4, 0.5) is 10.1 Å². The van der Waals surface area contributed by atoms with E-state index in [0.29, 0.717) is 24.1 Å². The van der Waals surface area contributed by atoms with Gasteiger partial charge in [0.15, 0.2) is 0 Å². The fourth-order valence-corrected chi connectivity index (χ4v) is 3.20. The topological polar surface area (TPSA) is 55.2 Å². The molecule has 0 amide bonds. The molecule has 0 heterocycles. The van der Waals surface area contributed by atoms with Gasteiger partial charge >= 0.3 is 5.69 Å². The van der Waals surface area contributed by atoms with Crippen LogP contribution in [0.25, 0.3) is 0 Å². The fourth-order valence-electron chi connectivity index (χ4n) is 3.20. The lowest BCUT2D eigenvalue weighted by Gasteiger charge is -2.21. The summed E-state index contributed by atoms with van der Waals surface area (Å²) in [5.41, 5.74) is -0.0819. The summed E-state index contributed by atoms with van der Waals surface area (Å²) in [6, 6.07) is 4.71. The van der Waals surface area contributed by atoms with Gasteiger partial charge in [0.25, 0.3) is 0 Å². The molecule has 1 aliphatic carbocycles. The molecule has 1 fully saturated rings. The van der Waals surface area contributed by atoms with Crippen LogP contribution in [0, 0.1) is 27.8 Å². The Morgan fingerprint density at radius 2 is 2.20 bits per heavy atom. The molecule has 1 N–H and O–H groups in total. The molecule has 0 bridgehead atoms. The van der Waals surface area contributed by atoms with Crippen molar-refractivity contribution in [2.75, 3.05) is 0 Å². The van der Waals surface area contributed by atoms with Gasteiger partial charge in [0, 0.05) is 24.2 Å². The fraction of sp³-hybridized carbons (Fsp3) is 0.600. The summed E-state index contributed by atoms with van der Waals surface area (Å²) < 4.78 is 14.0. The maximum Gasteiger partial charge on any atom is 0.305 e. The first kappa shape index (κ1) is 14.9. The first-order valence-corrected chi connectivity index (χ1v) is 7.19. The molecule has 0 aromatic heterocycles. The van der Waals surface area contributed by atoms with Crippen LogP contribution in [0.2, 0.25) is 0 Å². The SMILES string of the molecule is CCC1CCC(NCc2cccc([N+](=O)[O-])c2F)C1C. The van der Waals surface area contributed by atoms with Crippen molar-refractivity contribution in [3.63, 3.8) is 0 Å². The zero-order valence-electron chi connectivity index (χ0n) is 11.9. The van der Waals surface area contributed by atoms with E-state index in [1.807, 2.05) is 0 Å². The summed E-state index contributed by atoms with van der Waals surface area (Å²) in [4.78, 5) is 10.0. The highest BCUT2D eigenvalue weighted by atomic mass is 19.1. The van der Waals surface area contributed by atoms with Gasteiger partial charge in [-0.25, -0.2) is 0 Å². The third-order valence-electron chi connectivity index (χ3n) is 4.56. The monoisotopic (exact) mass is 280 g/mol. The summed E-state index contributed by atoms with van der Waals surface area (Å²) in [6.07, 6.45) is 3.47. The standard InChI is InChI=1S/C15H21FN2O2/c1-3-11-7-8-13(10(11)2)17-9-12-5-4-6-14(15(12)16)18(19)20/h4-6,10-11,13,17H,3,7-9H2,1-2H3. The van der Waals surface area contributed by atoms with Gasteiger partial charge in [0.2, 0.25) is 5.82 Å². The Hall–Kier alpha value is -1.49. The van der Waals surface area contributed by atoms with Gasteiger partial charge in [-0.1, -0.05) is 32.4 Å². The summed E-state index contributed by atoms with van der Waals surface area (Å²) in [6.45, 7) is 4.77. The van der Waals surface area contributed by atoms with Crippen LogP contribution in [0.1, 0.15) is 38.7 Å². The van der Waals surface area contributed by atoms with Crippen LogP contribution in [0.3, 0.4) is 0 Å². The molecule has 0 spiro atoms. The largest absolute Gasteiger partial charge is 0.310 e. The number of halogens is 1. The van der Waals surface area contributed by atoms with E-state index in [0.717, 1.165) is 12.3 Å². The van der Waals surface area contributed by atoms with E-state index in [9.17, 15) is 14.5 Å². The lowest BCUT2D eigenvalue weighted by atomic mass is 9.93. The number of nitro groups is 1. The van der Waals surface area contributed by atoms with Crippen molar-refractivity contribution in [1.82, 2.24) is 5.32 Å². The molecule has 0 saturated heterocycles. The third kappa shape index (κ3) is 2.98. The van der Waals surface area contributed by atoms with Gasteiger partial charge in [-0.2, -0.15) is 4.39 Å². The van der Waals surface area contributed by atoms with Crippen LogP contribution in [0.5, 0.6) is 0 Å². The molecule has 3 unspecified atom stereocenters. The van der Waals surface area contributed by atoms with Crippen molar-refractivity contribution in [2.24, 2.45) is 11.8 Å². The highest BCUT2D eigenvalue weighted by molar-refractivity contribution is 5.36. The second-order valence-electron chi connectivity index (χ2n) is 5.60. The molecule has 1 aliphatic rings. The summed E-state index contributed by atoms with van der Waals surface area (Å²) in [5, 5.41) is 14.1. The minimum absolute atomic E-state index is 0.346. The Kier molecular flexibility index (Phi) is 4.70. The predicted molar refractivity (Wildman–Crippen MR) is 75.9 cm³/mol. The molecule has 110 valence electrons. The summed E-state index contributed by atoms with van der Waals surface area (Å²) in [7, 11) is 0. The summed E-state index contributed by atoms with van der Waals surface area (Å²) >= 11 is 0. The van der Waals surface area contributed by atoms with Crippen LogP contribution < -0.4 is 5.32 Å². The van der Waals surface area contributed by atoms with E-state index in [1.165, 1.54) is 25.0 Å². The molecule has 1 saturated carbocycles. The maximum absolute atomic E-state index is 14.0. The van der Waals surface area contributed by atoms with Crippen LogP contribution >= 0.6 is 0 Å². The molecule has 3 atom stereocenters. The van der Waals surface area contributed by atoms with Gasteiger partial charge in [-0.3, -0.25) is 10.1 Å². The number of hydrogen-bond donors (Lipinski definition) is 1. The predicted octanol–water partition coefficient (Wildman–Crippen LogP) is 3.65. The number of rotatable bonds is 5. The minimum Gasteiger partial charge on any atom is -0.310 e. The number of nitro benzene ring substituents is 1. The van der Waals surface area contributed by atoms with E-state index in [4.69, 9.17) is 0 Å². The Morgan fingerprint density at radius 3 is 2.80 bits per heavy atom. The van der Waals surface area contributed by atoms with Gasteiger partial charge < -0.3 is 5.32 Å². The van der Waals surface area contributed by atoms with Crippen molar-refractivity contribution < 1.29 is 9.31 Å². The number of nitrogens with zero attached hydrogens (tertiary/aromatic N) is 1. The van der Waals surface area contributed by atoms with Gasteiger partial charge in [0.1, 0.15) is 0 Å². The average Bonchev–Trinajstić information content (AvgIpc) is 2.78. The quantitative estimate of drug-likeness (QED) is 0.661. The van der Waals surface area contributed by atoms with Crippen molar-refractivity contribution >= 4 is 5.69 Å². The zero-order valence-corrected chi connectivity index (χ0v) is 11.9. The molecule has 5 heteroatoms. The molecule has 2 rings (SSSR count). The van der Waals surface area contributed by atoms with Gasteiger partial charge in [0.05, 0.1) is 4.92 Å². The maximum atomic E-state index is 14.0. The molecular formula is C15H21FN2O2. The number of nitrogens with one attached hydrogen (secondary N) is 1. The van der Waals surface area contributed by atoms with Crippen molar-refractivity contribution in [1.29, 1.82) is 0 Å². The highest BCUT2D eigenvalue weighted by Crippen LogP contribution is 2.34. The van der Waals surface area contributed by atoms with E-state index >= 15 is 0 Å². The number of benzene rings is 1. The van der Waals surface area contributed by atoms with Gasteiger partial charge in [-0.05, 0) is 24.7 Å². The molecule has 4 nitrogen and oxygen atoms in total. The van der Waals surface area contributed by atoms with Crippen molar-refractivity contribution in [3.05, 3.63) is 39.7 Å². The Labute approximate surface area is 118 Å². The summed E-state index contributed by atoms with van der Waals surface area (Å²) in [5.74, 6) is 0.576. The van der Waals surface area contributed by atoms with E-state index in [2.05, 4.69) is 19.2 Å². The van der Waals surface area contributed by atoms with E-state index in [-0.39, 0.29) is 0 Å². The van der Waals surface area contributed by atoms with Crippen LogP contribution in [0.15, 0.2) is 18.2 Å². The van der Waals surface area contributed by atoms with E-state index < -0.39 is 16.4 Å². The molecular weight excluding hydrogens is 259 g/mol. The Bertz CT molecular complexity index is 493. The van der Waals surface area contributed by atoms with Gasteiger partial charge in [-0.15, -0.1) is 0 Å². The highest BCUT2D eigenvalue weighted by Gasteiger charge is 2.31. The Balaban J connectivity index is 2.02. The second-order valence-corrected chi connectivity index (χ2v) is 5.60. The zero-order chi connectivity index (χ0) is 14.7. The molecule has 1 aromatic carbocycles. The lowest BCUT2D eigenvalue weighted by molar-refractivity contribution is -0.387. The van der Waals surface area contributed by atoms with E-state index in [1.54, 1.807) is 6.07 Å². The van der Waals surface area contributed by atoms with Crippen molar-refractivity contribution in [3.8, 4) is 0 Å². The molecule has 0 aliphatic heterocycles. The minimum atomic E-state index is -0.720. The third-order valence-corrected chi connectivity index (χ3v) is 4.56. The smallest absolute Gasteiger partial charge is 0.305 e. The Morgan fingerprint density at radius 1 is 1.45 bits per heavy atom. The van der Waals surface area contributed by atoms with Crippen LogP contribution in [-0.4, -0.2) is 11.0 Å². The lowest BCUT2D eigenvalue weighted by Crippen LogP contribution is -2.32. The average molecular weight is 280 g/mol. The second kappa shape index (κ2) is 6.31. The molecule has 0 radical (unpaired) electrons.